The summed E-state index contributed by atoms with van der Waals surface area (Å²) >= 11 is 6.20. The van der Waals surface area contributed by atoms with Gasteiger partial charge in [0.25, 0.3) is 11.1 Å². The molecule has 2 heterocycles. The number of hydrogen-bond donors (Lipinski definition) is 1. The number of halogens is 1. The highest BCUT2D eigenvalue weighted by Crippen LogP contribution is 2.18. The summed E-state index contributed by atoms with van der Waals surface area (Å²) in [5.41, 5.74) is 1.48. The molecule has 0 aliphatic rings. The van der Waals surface area contributed by atoms with Gasteiger partial charge in [-0.1, -0.05) is 35.9 Å². The van der Waals surface area contributed by atoms with Crippen LogP contribution in [0.1, 0.15) is 17.1 Å². The Morgan fingerprint density at radius 3 is 2.54 bits per heavy atom. The van der Waals surface area contributed by atoms with Gasteiger partial charge in [-0.05, 0) is 38.1 Å². The molecule has 4 rings (SSSR count). The first kappa shape index (κ1) is 17.9. The molecule has 2 aromatic heterocycles. The molecule has 0 fully saturated rings. The van der Waals surface area contributed by atoms with E-state index in [0.29, 0.717) is 38.7 Å². The lowest BCUT2D eigenvalue weighted by Gasteiger charge is -2.04. The van der Waals surface area contributed by atoms with Crippen LogP contribution in [0.5, 0.6) is 0 Å². The molecule has 1 N–H and O–H groups in total. The Morgan fingerprint density at radius 1 is 1.04 bits per heavy atom. The highest BCUT2D eigenvalue weighted by atomic mass is 35.5. The van der Waals surface area contributed by atoms with Gasteiger partial charge in [-0.25, -0.2) is 9.67 Å². The summed E-state index contributed by atoms with van der Waals surface area (Å²) in [5, 5.41) is 8.12. The third-order valence-electron chi connectivity index (χ3n) is 4.43. The van der Waals surface area contributed by atoms with E-state index in [1.54, 1.807) is 56.3 Å². The van der Waals surface area contributed by atoms with Crippen molar-refractivity contribution in [3.05, 3.63) is 91.3 Å². The quantitative estimate of drug-likeness (QED) is 0.543. The van der Waals surface area contributed by atoms with Crippen LogP contribution < -0.4 is 11.1 Å². The Bertz CT molecular complexity index is 1350. The minimum atomic E-state index is -0.311. The Morgan fingerprint density at radius 2 is 1.75 bits per heavy atom. The molecule has 0 aliphatic heterocycles. The van der Waals surface area contributed by atoms with Crippen LogP contribution in [0, 0.1) is 13.8 Å². The van der Waals surface area contributed by atoms with Crippen LogP contribution in [0.4, 0.5) is 0 Å². The fourth-order valence-electron chi connectivity index (χ4n) is 3.00. The van der Waals surface area contributed by atoms with Crippen molar-refractivity contribution in [3.63, 3.8) is 0 Å². The van der Waals surface area contributed by atoms with E-state index >= 15 is 0 Å². The Labute approximate surface area is 164 Å². The van der Waals surface area contributed by atoms with Gasteiger partial charge in [-0.3, -0.25) is 14.7 Å². The largest absolute Gasteiger partial charge is 0.295 e. The molecule has 0 unspecified atom stereocenters. The third kappa shape index (κ3) is 2.95. The zero-order chi connectivity index (χ0) is 19.8. The van der Waals surface area contributed by atoms with E-state index in [-0.39, 0.29) is 11.1 Å². The first-order chi connectivity index (χ1) is 13.5. The minimum absolute atomic E-state index is 0.293. The van der Waals surface area contributed by atoms with E-state index < -0.39 is 0 Å². The van der Waals surface area contributed by atoms with Gasteiger partial charge >= 0.3 is 0 Å². The summed E-state index contributed by atoms with van der Waals surface area (Å²) in [5.74, 6) is 0.430. The smallest absolute Gasteiger partial charge is 0.282 e. The summed E-state index contributed by atoms with van der Waals surface area (Å²) in [7, 11) is 0. The maximum atomic E-state index is 12.8. The van der Waals surface area contributed by atoms with Crippen molar-refractivity contribution in [1.29, 1.82) is 0 Å². The molecular weight excluding hydrogens is 378 g/mol. The summed E-state index contributed by atoms with van der Waals surface area (Å²) in [6.45, 7) is 3.45. The van der Waals surface area contributed by atoms with E-state index in [9.17, 15) is 9.59 Å². The van der Waals surface area contributed by atoms with Crippen LogP contribution >= 0.6 is 11.6 Å². The first-order valence-electron chi connectivity index (χ1n) is 8.56. The maximum Gasteiger partial charge on any atom is 0.282 e. The number of nitrogens with one attached hydrogen (secondary N) is 1. The van der Waals surface area contributed by atoms with Crippen molar-refractivity contribution >= 4 is 28.7 Å². The van der Waals surface area contributed by atoms with Crippen molar-refractivity contribution in [2.24, 2.45) is 5.10 Å². The number of nitrogens with zero attached hydrogens (tertiary/aromatic N) is 4. The van der Waals surface area contributed by atoms with Crippen molar-refractivity contribution in [2.45, 2.75) is 13.8 Å². The molecule has 8 heteroatoms. The van der Waals surface area contributed by atoms with E-state index in [1.807, 2.05) is 6.07 Å². The van der Waals surface area contributed by atoms with Gasteiger partial charge in [0.05, 0.1) is 33.4 Å². The van der Waals surface area contributed by atoms with Crippen molar-refractivity contribution in [3.8, 4) is 5.69 Å². The van der Waals surface area contributed by atoms with Crippen molar-refractivity contribution in [1.82, 2.24) is 19.4 Å². The van der Waals surface area contributed by atoms with Crippen LogP contribution in [0.3, 0.4) is 0 Å². The van der Waals surface area contributed by atoms with Gasteiger partial charge < -0.3 is 0 Å². The summed E-state index contributed by atoms with van der Waals surface area (Å²) in [6.07, 6.45) is 1.37. The molecule has 2 aromatic carbocycles. The highest BCUT2D eigenvalue weighted by Gasteiger charge is 2.13. The molecule has 4 aromatic rings. The third-order valence-corrected chi connectivity index (χ3v) is 4.75. The maximum absolute atomic E-state index is 12.8. The second-order valence-corrected chi connectivity index (χ2v) is 6.69. The monoisotopic (exact) mass is 393 g/mol. The zero-order valence-corrected chi connectivity index (χ0v) is 15.9. The number of fused-ring (bicyclic) bond motifs is 1. The molecule has 28 heavy (non-hydrogen) atoms. The molecule has 0 saturated carbocycles. The molecule has 7 nitrogen and oxygen atoms in total. The average molecular weight is 394 g/mol. The van der Waals surface area contributed by atoms with Gasteiger partial charge in [0.1, 0.15) is 5.82 Å². The van der Waals surface area contributed by atoms with Gasteiger partial charge in [0, 0.05) is 5.69 Å². The number of benzene rings is 2. The molecule has 0 aliphatic carbocycles. The predicted molar refractivity (Wildman–Crippen MR) is 110 cm³/mol. The lowest BCUT2D eigenvalue weighted by Crippen LogP contribution is -2.22. The van der Waals surface area contributed by atoms with Crippen LogP contribution in [0.15, 0.2) is 63.2 Å². The van der Waals surface area contributed by atoms with Gasteiger partial charge in [0.2, 0.25) is 0 Å². The number of para-hydroxylation sites is 2. The predicted octanol–water partition coefficient (Wildman–Crippen LogP) is 3.03. The number of H-pyrrole nitrogens is 1. The number of hydrogen-bond acceptors (Lipinski definition) is 4. The normalized spacial score (nSPS) is 11.5. The van der Waals surface area contributed by atoms with Crippen LogP contribution in [0.25, 0.3) is 16.6 Å². The molecular formula is C20H16ClN5O2. The van der Waals surface area contributed by atoms with E-state index in [4.69, 9.17) is 11.6 Å². The van der Waals surface area contributed by atoms with Gasteiger partial charge in [0.15, 0.2) is 0 Å². The van der Waals surface area contributed by atoms with Crippen molar-refractivity contribution in [2.75, 3.05) is 0 Å². The zero-order valence-electron chi connectivity index (χ0n) is 15.2. The second-order valence-electron chi connectivity index (χ2n) is 6.28. The Kier molecular flexibility index (Phi) is 4.44. The summed E-state index contributed by atoms with van der Waals surface area (Å²) < 4.78 is 2.54. The molecule has 0 saturated heterocycles. The summed E-state index contributed by atoms with van der Waals surface area (Å²) in [6, 6.07) is 14.1. The SMILES string of the molecule is Cc1[nH]n(-c2ccccc2Cl)c(=O)c1/C=N/n1c(C)nc2ccccc2c1=O. The Balaban J connectivity index is 1.82. The lowest BCUT2D eigenvalue weighted by atomic mass is 10.2. The average Bonchev–Trinajstić information content (AvgIpc) is 2.96. The van der Waals surface area contributed by atoms with Crippen LogP contribution in [-0.4, -0.2) is 25.7 Å². The van der Waals surface area contributed by atoms with Crippen LogP contribution in [-0.2, 0) is 0 Å². The molecule has 0 amide bonds. The highest BCUT2D eigenvalue weighted by molar-refractivity contribution is 6.32. The fourth-order valence-corrected chi connectivity index (χ4v) is 3.22. The second kappa shape index (κ2) is 6.94. The van der Waals surface area contributed by atoms with E-state index in [0.717, 1.165) is 0 Å². The van der Waals surface area contributed by atoms with E-state index in [2.05, 4.69) is 15.2 Å². The first-order valence-corrected chi connectivity index (χ1v) is 8.94. The van der Waals surface area contributed by atoms with Gasteiger partial charge in [-0.15, -0.1) is 0 Å². The van der Waals surface area contributed by atoms with Gasteiger partial charge in [-0.2, -0.15) is 9.78 Å². The van der Waals surface area contributed by atoms with Crippen molar-refractivity contribution < 1.29 is 0 Å². The molecule has 0 atom stereocenters. The topological polar surface area (TPSA) is 85.0 Å². The van der Waals surface area contributed by atoms with Crippen LogP contribution in [0.2, 0.25) is 5.02 Å². The molecule has 0 bridgehead atoms. The molecule has 0 spiro atoms. The minimum Gasteiger partial charge on any atom is -0.295 e. The number of aromatic amines is 1. The molecule has 0 radical (unpaired) electrons. The number of aromatic nitrogens is 4. The number of rotatable bonds is 3. The molecule has 140 valence electrons. The lowest BCUT2D eigenvalue weighted by molar-refractivity contribution is 0.770. The number of aryl methyl sites for hydroxylation is 2. The standard InChI is InChI=1S/C20H16ClN5O2/c1-12-15(20(28)26(24-12)18-10-6-4-8-16(18)21)11-22-25-13(2)23-17-9-5-3-7-14(17)19(25)27/h3-11,24H,1-2H3/b22-11+. The Hall–Kier alpha value is -3.45. The summed E-state index contributed by atoms with van der Waals surface area (Å²) in [4.78, 5) is 29.9. The van der Waals surface area contributed by atoms with E-state index in [1.165, 1.54) is 15.6 Å². The fraction of sp³-hybridized carbons (Fsp3) is 0.100.